The summed E-state index contributed by atoms with van der Waals surface area (Å²) in [6.07, 6.45) is 0. The number of methoxy groups -OCH3 is 1. The minimum Gasteiger partial charge on any atom is -0.495 e. The normalized spacial score (nSPS) is 11.5. The Hall–Kier alpha value is -2.45. The van der Waals surface area contributed by atoms with Crippen LogP contribution in [0.5, 0.6) is 5.75 Å². The van der Waals surface area contributed by atoms with Gasteiger partial charge in [-0.3, -0.25) is 0 Å². The van der Waals surface area contributed by atoms with E-state index >= 15 is 0 Å². The first-order chi connectivity index (χ1) is 11.3. The lowest BCUT2D eigenvalue weighted by Crippen LogP contribution is -2.27. The molecule has 0 amide bonds. The number of nitrogens with zero attached hydrogens (tertiary/aromatic N) is 1. The van der Waals surface area contributed by atoms with E-state index in [4.69, 9.17) is 9.84 Å². The highest BCUT2D eigenvalue weighted by atomic mass is 32.2. The Morgan fingerprint density at radius 1 is 1.21 bits per heavy atom. The van der Waals surface area contributed by atoms with Gasteiger partial charge >= 0.3 is 5.97 Å². The molecule has 0 aliphatic rings. The van der Waals surface area contributed by atoms with Crippen LogP contribution < -0.4 is 4.74 Å². The molecule has 8 heteroatoms. The van der Waals surface area contributed by atoms with E-state index in [9.17, 15) is 17.6 Å². The molecule has 0 aliphatic heterocycles. The van der Waals surface area contributed by atoms with Gasteiger partial charge in [0.15, 0.2) is 0 Å². The third-order valence-electron chi connectivity index (χ3n) is 3.42. The van der Waals surface area contributed by atoms with E-state index in [-0.39, 0.29) is 22.8 Å². The number of aromatic carboxylic acids is 1. The number of sulfonamides is 1. The summed E-state index contributed by atoms with van der Waals surface area (Å²) in [4.78, 5) is 10.8. The second-order valence-corrected chi connectivity index (χ2v) is 7.07. The van der Waals surface area contributed by atoms with Crippen LogP contribution in [0, 0.1) is 5.82 Å². The van der Waals surface area contributed by atoms with Gasteiger partial charge in [-0.1, -0.05) is 12.1 Å². The molecular formula is C16H16FNO5S. The summed E-state index contributed by atoms with van der Waals surface area (Å²) in [5.74, 6) is -1.61. The van der Waals surface area contributed by atoms with Crippen LogP contribution in [0.3, 0.4) is 0 Å². The van der Waals surface area contributed by atoms with Crippen LogP contribution in [0.25, 0.3) is 0 Å². The summed E-state index contributed by atoms with van der Waals surface area (Å²) in [6, 6.07) is 9.04. The Morgan fingerprint density at radius 3 is 2.38 bits per heavy atom. The first-order valence-corrected chi connectivity index (χ1v) is 8.32. The van der Waals surface area contributed by atoms with Gasteiger partial charge in [0, 0.05) is 13.6 Å². The van der Waals surface area contributed by atoms with E-state index in [0.717, 1.165) is 10.4 Å². The molecule has 0 spiro atoms. The van der Waals surface area contributed by atoms with E-state index in [1.165, 1.54) is 50.6 Å². The fourth-order valence-corrected chi connectivity index (χ4v) is 3.45. The molecule has 24 heavy (non-hydrogen) atoms. The largest absolute Gasteiger partial charge is 0.495 e. The van der Waals surface area contributed by atoms with Gasteiger partial charge in [-0.15, -0.1) is 0 Å². The molecule has 0 aromatic heterocycles. The van der Waals surface area contributed by atoms with Crippen molar-refractivity contribution in [2.75, 3.05) is 14.2 Å². The second-order valence-electron chi connectivity index (χ2n) is 5.06. The molecule has 0 bridgehead atoms. The number of carbonyl (C=O) groups is 1. The molecule has 0 heterocycles. The molecule has 128 valence electrons. The summed E-state index contributed by atoms with van der Waals surface area (Å²) in [7, 11) is -1.34. The van der Waals surface area contributed by atoms with Gasteiger partial charge in [0.2, 0.25) is 10.0 Å². The number of benzene rings is 2. The number of halogens is 1. The molecule has 1 N–H and O–H groups in total. The average Bonchev–Trinajstić information content (AvgIpc) is 2.56. The monoisotopic (exact) mass is 353 g/mol. The van der Waals surface area contributed by atoms with Crippen molar-refractivity contribution >= 4 is 16.0 Å². The Kier molecular flexibility index (Phi) is 5.20. The highest BCUT2D eigenvalue weighted by Gasteiger charge is 2.26. The van der Waals surface area contributed by atoms with Crippen molar-refractivity contribution in [1.82, 2.24) is 4.31 Å². The standard InChI is InChI=1S/C16H16FNO5S/c1-18(10-11-3-6-13(17)7-4-11)24(21,22)15-9-12(16(19)20)5-8-14(15)23-2/h3-9H,10H2,1-2H3,(H,19,20). The van der Waals surface area contributed by atoms with Crippen molar-refractivity contribution in [3.63, 3.8) is 0 Å². The van der Waals surface area contributed by atoms with Crippen molar-refractivity contribution in [3.8, 4) is 5.75 Å². The van der Waals surface area contributed by atoms with E-state index in [1.807, 2.05) is 0 Å². The number of ether oxygens (including phenoxy) is 1. The molecule has 0 atom stereocenters. The van der Waals surface area contributed by atoms with Crippen molar-refractivity contribution in [3.05, 3.63) is 59.4 Å². The zero-order valence-corrected chi connectivity index (χ0v) is 13.9. The third kappa shape index (κ3) is 3.72. The van der Waals surface area contributed by atoms with E-state index in [0.29, 0.717) is 5.56 Å². The predicted octanol–water partition coefficient (Wildman–Crippen LogP) is 2.35. The number of hydrogen-bond donors (Lipinski definition) is 1. The molecule has 6 nitrogen and oxygen atoms in total. The molecule has 0 aliphatic carbocycles. The highest BCUT2D eigenvalue weighted by molar-refractivity contribution is 7.89. The summed E-state index contributed by atoms with van der Waals surface area (Å²) in [5, 5.41) is 9.05. The van der Waals surface area contributed by atoms with Gasteiger partial charge in [-0.05, 0) is 35.9 Å². The van der Waals surface area contributed by atoms with Gasteiger partial charge in [-0.25, -0.2) is 17.6 Å². The molecule has 2 aromatic carbocycles. The van der Waals surface area contributed by atoms with Crippen LogP contribution in [0.2, 0.25) is 0 Å². The van der Waals surface area contributed by atoms with E-state index in [1.54, 1.807) is 0 Å². The fourth-order valence-electron chi connectivity index (χ4n) is 2.11. The summed E-state index contributed by atoms with van der Waals surface area (Å²) in [6.45, 7) is 0.00304. The lowest BCUT2D eigenvalue weighted by atomic mass is 10.2. The number of carboxylic acids is 1. The third-order valence-corrected chi connectivity index (χ3v) is 5.24. The zero-order valence-electron chi connectivity index (χ0n) is 13.1. The molecule has 2 aromatic rings. The minimum absolute atomic E-state index is 0.00304. The molecule has 2 rings (SSSR count). The smallest absolute Gasteiger partial charge is 0.335 e. The maximum atomic E-state index is 12.9. The van der Waals surface area contributed by atoms with E-state index < -0.39 is 21.8 Å². The van der Waals surface area contributed by atoms with Crippen molar-refractivity contribution in [2.24, 2.45) is 0 Å². The quantitative estimate of drug-likeness (QED) is 0.862. The van der Waals surface area contributed by atoms with Crippen molar-refractivity contribution in [2.45, 2.75) is 11.4 Å². The number of rotatable bonds is 6. The Labute approximate surface area is 139 Å². The number of carboxylic acid groups (broad SMARTS) is 1. The van der Waals surface area contributed by atoms with Crippen LogP contribution in [-0.4, -0.2) is 38.0 Å². The van der Waals surface area contributed by atoms with Crippen LogP contribution in [0.1, 0.15) is 15.9 Å². The first-order valence-electron chi connectivity index (χ1n) is 6.88. The molecule has 0 unspecified atom stereocenters. The summed E-state index contributed by atoms with van der Waals surface area (Å²) < 4.78 is 44.5. The average molecular weight is 353 g/mol. The SMILES string of the molecule is COc1ccc(C(=O)O)cc1S(=O)(=O)N(C)Cc1ccc(F)cc1. The van der Waals surface area contributed by atoms with Gasteiger partial charge in [0.1, 0.15) is 16.5 Å². The number of hydrogen-bond acceptors (Lipinski definition) is 4. The molecule has 0 saturated heterocycles. The van der Waals surface area contributed by atoms with Crippen molar-refractivity contribution < 1.29 is 27.4 Å². The lowest BCUT2D eigenvalue weighted by molar-refractivity contribution is 0.0696. The maximum Gasteiger partial charge on any atom is 0.335 e. The van der Waals surface area contributed by atoms with Crippen LogP contribution in [0.4, 0.5) is 4.39 Å². The lowest BCUT2D eigenvalue weighted by Gasteiger charge is -2.19. The molecule has 0 saturated carbocycles. The first kappa shape index (κ1) is 17.9. The van der Waals surface area contributed by atoms with Gasteiger partial charge in [0.05, 0.1) is 12.7 Å². The Morgan fingerprint density at radius 2 is 1.83 bits per heavy atom. The molecule has 0 radical (unpaired) electrons. The van der Waals surface area contributed by atoms with Gasteiger partial charge < -0.3 is 9.84 Å². The van der Waals surface area contributed by atoms with E-state index in [2.05, 4.69) is 0 Å². The second kappa shape index (κ2) is 6.98. The molecular weight excluding hydrogens is 337 g/mol. The summed E-state index contributed by atoms with van der Waals surface area (Å²) in [5.41, 5.74) is 0.431. The predicted molar refractivity (Wildman–Crippen MR) is 85.0 cm³/mol. The van der Waals surface area contributed by atoms with Crippen LogP contribution >= 0.6 is 0 Å². The fraction of sp³-hybridized carbons (Fsp3) is 0.188. The summed E-state index contributed by atoms with van der Waals surface area (Å²) >= 11 is 0. The Balaban J connectivity index is 2.39. The van der Waals surface area contributed by atoms with Crippen LogP contribution in [-0.2, 0) is 16.6 Å². The highest BCUT2D eigenvalue weighted by Crippen LogP contribution is 2.28. The Bertz CT molecular complexity index is 849. The van der Waals surface area contributed by atoms with Crippen LogP contribution in [0.15, 0.2) is 47.4 Å². The zero-order chi connectivity index (χ0) is 17.9. The molecule has 0 fully saturated rings. The minimum atomic E-state index is -3.99. The van der Waals surface area contributed by atoms with Gasteiger partial charge in [0.25, 0.3) is 0 Å². The van der Waals surface area contributed by atoms with Gasteiger partial charge in [-0.2, -0.15) is 4.31 Å². The maximum absolute atomic E-state index is 12.9. The topological polar surface area (TPSA) is 83.9 Å². The van der Waals surface area contributed by atoms with Crippen molar-refractivity contribution in [1.29, 1.82) is 0 Å².